The molecule has 1 N–H and O–H groups in total. The number of fused-ring (bicyclic) bond motifs is 2. The molecule has 2 aromatic rings. The number of halogens is 1. The van der Waals surface area contributed by atoms with Gasteiger partial charge in [-0.05, 0) is 29.7 Å². The fourth-order valence-corrected chi connectivity index (χ4v) is 3.71. The molecule has 0 radical (unpaired) electrons. The number of ether oxygens (including phenoxy) is 1. The van der Waals surface area contributed by atoms with Gasteiger partial charge in [-0.25, -0.2) is 4.39 Å². The molecule has 0 bridgehead atoms. The third-order valence-electron chi connectivity index (χ3n) is 4.91. The number of carbonyl (C=O) groups excluding carboxylic acids is 3. The van der Waals surface area contributed by atoms with Gasteiger partial charge in [-0.1, -0.05) is 25.1 Å². The Hall–Kier alpha value is -3.02. The predicted molar refractivity (Wildman–Crippen MR) is 91.8 cm³/mol. The number of amides is 1. The SMILES string of the molecule is CC1CC(=O)c2c(OC(=O)C3CC(=O)Nc4ccccc43)ccc(F)c21. The van der Waals surface area contributed by atoms with E-state index in [9.17, 15) is 18.8 Å². The maximum Gasteiger partial charge on any atom is 0.319 e. The van der Waals surface area contributed by atoms with Crippen LogP contribution in [0.15, 0.2) is 36.4 Å². The Labute approximate surface area is 149 Å². The summed E-state index contributed by atoms with van der Waals surface area (Å²) in [5.74, 6) is -2.58. The molecule has 1 aliphatic heterocycles. The minimum absolute atomic E-state index is 0.0381. The summed E-state index contributed by atoms with van der Waals surface area (Å²) >= 11 is 0. The molecule has 1 aliphatic carbocycles. The fraction of sp³-hybridized carbons (Fsp3) is 0.250. The van der Waals surface area contributed by atoms with Crippen molar-refractivity contribution in [2.45, 2.75) is 31.6 Å². The summed E-state index contributed by atoms with van der Waals surface area (Å²) in [7, 11) is 0. The molecule has 0 spiro atoms. The van der Waals surface area contributed by atoms with Crippen molar-refractivity contribution in [3.8, 4) is 5.75 Å². The predicted octanol–water partition coefficient (Wildman–Crippen LogP) is 3.55. The number of rotatable bonds is 2. The number of hydrogen-bond donors (Lipinski definition) is 1. The molecule has 1 heterocycles. The van der Waals surface area contributed by atoms with Crippen LogP contribution in [0, 0.1) is 5.82 Å². The number of benzene rings is 2. The zero-order chi connectivity index (χ0) is 18.4. The van der Waals surface area contributed by atoms with Crippen LogP contribution in [0.1, 0.15) is 53.1 Å². The summed E-state index contributed by atoms with van der Waals surface area (Å²) in [6.45, 7) is 1.76. The van der Waals surface area contributed by atoms with Crippen molar-refractivity contribution in [2.24, 2.45) is 0 Å². The second-order valence-electron chi connectivity index (χ2n) is 6.68. The topological polar surface area (TPSA) is 72.5 Å². The van der Waals surface area contributed by atoms with Gasteiger partial charge in [-0.15, -0.1) is 0 Å². The molecule has 2 aliphatic rings. The zero-order valence-electron chi connectivity index (χ0n) is 14.0. The monoisotopic (exact) mass is 353 g/mol. The number of para-hydroxylation sites is 1. The lowest BCUT2D eigenvalue weighted by molar-refractivity contribution is -0.138. The number of esters is 1. The van der Waals surface area contributed by atoms with E-state index in [1.54, 1.807) is 31.2 Å². The van der Waals surface area contributed by atoms with Gasteiger partial charge in [0, 0.05) is 24.1 Å². The maximum absolute atomic E-state index is 14.1. The minimum atomic E-state index is -0.769. The normalized spacial score (nSPS) is 21.0. The first-order valence-electron chi connectivity index (χ1n) is 8.41. The summed E-state index contributed by atoms with van der Waals surface area (Å²) in [6, 6.07) is 9.52. The molecule has 0 saturated heterocycles. The molecule has 2 atom stereocenters. The molecule has 2 unspecified atom stereocenters. The first kappa shape index (κ1) is 16.4. The Morgan fingerprint density at radius 3 is 2.73 bits per heavy atom. The van der Waals surface area contributed by atoms with Crippen molar-refractivity contribution < 1.29 is 23.5 Å². The van der Waals surface area contributed by atoms with E-state index in [4.69, 9.17) is 4.74 Å². The van der Waals surface area contributed by atoms with E-state index >= 15 is 0 Å². The number of ketones is 1. The van der Waals surface area contributed by atoms with Crippen molar-refractivity contribution >= 4 is 23.3 Å². The number of nitrogens with one attached hydrogen (secondary N) is 1. The molecule has 2 aromatic carbocycles. The van der Waals surface area contributed by atoms with Crippen LogP contribution >= 0.6 is 0 Å². The molecule has 0 saturated carbocycles. The lowest BCUT2D eigenvalue weighted by Crippen LogP contribution is -2.30. The maximum atomic E-state index is 14.1. The summed E-state index contributed by atoms with van der Waals surface area (Å²) in [4.78, 5) is 36.9. The third-order valence-corrected chi connectivity index (χ3v) is 4.91. The number of carbonyl (C=O) groups is 3. The van der Waals surface area contributed by atoms with Crippen LogP contribution < -0.4 is 10.1 Å². The second-order valence-corrected chi connectivity index (χ2v) is 6.68. The van der Waals surface area contributed by atoms with Crippen molar-refractivity contribution in [3.63, 3.8) is 0 Å². The average molecular weight is 353 g/mol. The van der Waals surface area contributed by atoms with Crippen LogP contribution in [-0.4, -0.2) is 17.7 Å². The van der Waals surface area contributed by atoms with Gasteiger partial charge in [0.2, 0.25) is 5.91 Å². The summed E-state index contributed by atoms with van der Waals surface area (Å²) in [5, 5.41) is 2.72. The first-order valence-corrected chi connectivity index (χ1v) is 8.41. The van der Waals surface area contributed by atoms with Gasteiger partial charge in [0.25, 0.3) is 0 Å². The standard InChI is InChI=1S/C20H16FNO4/c1-10-8-15(23)19-16(7-6-13(21)18(10)19)26-20(25)12-9-17(24)22-14-5-3-2-4-11(12)14/h2-7,10,12H,8-9H2,1H3,(H,22,24). The van der Waals surface area contributed by atoms with Gasteiger partial charge < -0.3 is 10.1 Å². The van der Waals surface area contributed by atoms with E-state index in [-0.39, 0.29) is 41.8 Å². The third kappa shape index (κ3) is 2.58. The van der Waals surface area contributed by atoms with Crippen molar-refractivity contribution in [3.05, 3.63) is 58.9 Å². The Morgan fingerprint density at radius 2 is 1.92 bits per heavy atom. The van der Waals surface area contributed by atoms with E-state index in [1.807, 2.05) is 0 Å². The van der Waals surface area contributed by atoms with Gasteiger partial charge in [-0.3, -0.25) is 14.4 Å². The van der Waals surface area contributed by atoms with Gasteiger partial charge in [0.05, 0.1) is 11.5 Å². The lowest BCUT2D eigenvalue weighted by atomic mass is 9.90. The average Bonchev–Trinajstić information content (AvgIpc) is 2.92. The molecular weight excluding hydrogens is 337 g/mol. The van der Waals surface area contributed by atoms with Crippen LogP contribution in [-0.2, 0) is 9.59 Å². The van der Waals surface area contributed by atoms with Crippen molar-refractivity contribution in [1.82, 2.24) is 0 Å². The van der Waals surface area contributed by atoms with Crippen LogP contribution in [0.25, 0.3) is 0 Å². The van der Waals surface area contributed by atoms with Gasteiger partial charge in [-0.2, -0.15) is 0 Å². The summed E-state index contributed by atoms with van der Waals surface area (Å²) in [6.07, 6.45) is 0.152. The molecule has 4 rings (SSSR count). The highest BCUT2D eigenvalue weighted by Crippen LogP contribution is 2.41. The molecule has 5 nitrogen and oxygen atoms in total. The Morgan fingerprint density at radius 1 is 1.15 bits per heavy atom. The Kier molecular flexibility index (Phi) is 3.83. The van der Waals surface area contributed by atoms with E-state index in [2.05, 4.69) is 5.32 Å². The summed E-state index contributed by atoms with van der Waals surface area (Å²) in [5.41, 5.74) is 1.66. The quantitative estimate of drug-likeness (QED) is 0.662. The van der Waals surface area contributed by atoms with Crippen LogP contribution in [0.5, 0.6) is 5.75 Å². The number of hydrogen-bond acceptors (Lipinski definition) is 4. The highest BCUT2D eigenvalue weighted by molar-refractivity contribution is 6.05. The van der Waals surface area contributed by atoms with E-state index in [0.717, 1.165) is 0 Å². The Bertz CT molecular complexity index is 953. The summed E-state index contributed by atoms with van der Waals surface area (Å²) < 4.78 is 19.6. The molecule has 26 heavy (non-hydrogen) atoms. The molecule has 132 valence electrons. The lowest BCUT2D eigenvalue weighted by Gasteiger charge is -2.24. The number of Topliss-reactive ketones (excluding diaryl/α,β-unsaturated/α-hetero) is 1. The van der Waals surface area contributed by atoms with Crippen LogP contribution in [0.3, 0.4) is 0 Å². The second kappa shape index (κ2) is 6.05. The molecule has 0 fully saturated rings. The van der Waals surface area contributed by atoms with Crippen LogP contribution in [0.2, 0.25) is 0 Å². The minimum Gasteiger partial charge on any atom is -0.425 e. The number of anilines is 1. The van der Waals surface area contributed by atoms with Gasteiger partial charge >= 0.3 is 5.97 Å². The van der Waals surface area contributed by atoms with E-state index < -0.39 is 17.7 Å². The van der Waals surface area contributed by atoms with E-state index in [1.165, 1.54) is 12.1 Å². The molecule has 1 amide bonds. The first-order chi connectivity index (χ1) is 12.5. The largest absolute Gasteiger partial charge is 0.425 e. The fourth-order valence-electron chi connectivity index (χ4n) is 3.71. The van der Waals surface area contributed by atoms with Gasteiger partial charge in [0.15, 0.2) is 5.78 Å². The Balaban J connectivity index is 1.69. The highest BCUT2D eigenvalue weighted by Gasteiger charge is 2.36. The van der Waals surface area contributed by atoms with Crippen LogP contribution in [0.4, 0.5) is 10.1 Å². The molecule has 6 heteroatoms. The highest BCUT2D eigenvalue weighted by atomic mass is 19.1. The zero-order valence-corrected chi connectivity index (χ0v) is 14.0. The van der Waals surface area contributed by atoms with Crippen molar-refractivity contribution in [2.75, 3.05) is 5.32 Å². The molecule has 0 aromatic heterocycles. The van der Waals surface area contributed by atoms with Gasteiger partial charge in [0.1, 0.15) is 11.6 Å². The van der Waals surface area contributed by atoms with E-state index in [0.29, 0.717) is 16.8 Å². The molecular formula is C20H16FNO4. The van der Waals surface area contributed by atoms with Crippen molar-refractivity contribution in [1.29, 1.82) is 0 Å². The smallest absolute Gasteiger partial charge is 0.319 e.